The molecular formula is C13H18NO3S. The van der Waals surface area contributed by atoms with Crippen molar-refractivity contribution in [3.8, 4) is 5.75 Å². The van der Waals surface area contributed by atoms with Gasteiger partial charge in [-0.2, -0.15) is 0 Å². The summed E-state index contributed by atoms with van der Waals surface area (Å²) in [5, 5.41) is 3.23. The van der Waals surface area contributed by atoms with E-state index in [1.165, 1.54) is 6.26 Å². The first-order valence-corrected chi connectivity index (χ1v) is 8.05. The van der Waals surface area contributed by atoms with Gasteiger partial charge in [-0.05, 0) is 44.1 Å². The van der Waals surface area contributed by atoms with Crippen LogP contribution in [0.1, 0.15) is 12.8 Å². The Morgan fingerprint density at radius 2 is 1.94 bits per heavy atom. The molecule has 1 aliphatic rings. The Hall–Kier alpha value is -1.07. The zero-order chi connectivity index (χ0) is 13.0. The van der Waals surface area contributed by atoms with Crippen molar-refractivity contribution in [2.45, 2.75) is 18.3 Å². The molecule has 99 valence electrons. The monoisotopic (exact) mass is 268 g/mol. The maximum Gasteiger partial charge on any atom is 0.201 e. The normalized spacial score (nSPS) is 19.4. The summed E-state index contributed by atoms with van der Waals surface area (Å²) in [6.45, 7) is 1.70. The van der Waals surface area contributed by atoms with Crippen molar-refractivity contribution >= 4 is 9.84 Å². The highest BCUT2D eigenvalue weighted by Gasteiger charge is 2.33. The van der Waals surface area contributed by atoms with Crippen molar-refractivity contribution < 1.29 is 13.2 Å². The average molecular weight is 268 g/mol. The Bertz CT molecular complexity index is 466. The molecule has 1 saturated heterocycles. The van der Waals surface area contributed by atoms with E-state index in [0.29, 0.717) is 5.75 Å². The van der Waals surface area contributed by atoms with E-state index in [9.17, 15) is 8.42 Å². The molecule has 0 aliphatic carbocycles. The first kappa shape index (κ1) is 13.4. The zero-order valence-corrected chi connectivity index (χ0v) is 11.2. The van der Waals surface area contributed by atoms with Crippen LogP contribution in [0.4, 0.5) is 0 Å². The molecule has 2 rings (SSSR count). The molecule has 1 radical (unpaired) electrons. The van der Waals surface area contributed by atoms with Crippen molar-refractivity contribution in [3.63, 3.8) is 0 Å². The van der Waals surface area contributed by atoms with Crippen LogP contribution in [0.25, 0.3) is 0 Å². The van der Waals surface area contributed by atoms with Crippen molar-refractivity contribution in [1.82, 2.24) is 5.32 Å². The molecule has 0 spiro atoms. The third-order valence-corrected chi connectivity index (χ3v) is 4.46. The molecule has 0 aromatic heterocycles. The fourth-order valence-corrected chi connectivity index (χ4v) is 3.49. The van der Waals surface area contributed by atoms with Gasteiger partial charge in [-0.15, -0.1) is 0 Å². The number of ether oxygens (including phenoxy) is 1. The minimum absolute atomic E-state index is 0.0606. The van der Waals surface area contributed by atoms with Gasteiger partial charge in [0.2, 0.25) is 5.44 Å². The number of sulfone groups is 1. The molecule has 0 bridgehead atoms. The molecular weight excluding hydrogens is 250 g/mol. The van der Waals surface area contributed by atoms with Gasteiger partial charge in [0.1, 0.15) is 5.75 Å². The summed E-state index contributed by atoms with van der Waals surface area (Å²) < 4.78 is 29.4. The quantitative estimate of drug-likeness (QED) is 0.892. The molecule has 18 heavy (non-hydrogen) atoms. The number of hydrogen-bond donors (Lipinski definition) is 1. The van der Waals surface area contributed by atoms with Crippen molar-refractivity contribution in [2.75, 3.05) is 19.3 Å². The average Bonchev–Trinajstić information content (AvgIpc) is 2.37. The van der Waals surface area contributed by atoms with Crippen LogP contribution in [-0.2, 0) is 9.84 Å². The highest BCUT2D eigenvalue weighted by atomic mass is 32.2. The van der Waals surface area contributed by atoms with Gasteiger partial charge in [0.15, 0.2) is 9.84 Å². The van der Waals surface area contributed by atoms with Crippen LogP contribution in [-0.4, -0.2) is 33.2 Å². The largest absolute Gasteiger partial charge is 0.474 e. The van der Waals surface area contributed by atoms with Gasteiger partial charge in [-0.3, -0.25) is 0 Å². The molecule has 1 aromatic rings. The smallest absolute Gasteiger partial charge is 0.201 e. The van der Waals surface area contributed by atoms with E-state index in [1.807, 2.05) is 0 Å². The van der Waals surface area contributed by atoms with E-state index >= 15 is 0 Å². The first-order chi connectivity index (χ1) is 8.57. The molecule has 1 heterocycles. The van der Waals surface area contributed by atoms with Crippen LogP contribution < -0.4 is 10.1 Å². The van der Waals surface area contributed by atoms with Gasteiger partial charge >= 0.3 is 0 Å². The van der Waals surface area contributed by atoms with E-state index in [0.717, 1.165) is 25.9 Å². The number of piperidine rings is 1. The molecule has 5 heteroatoms. The lowest BCUT2D eigenvalue weighted by Crippen LogP contribution is -2.41. The summed E-state index contributed by atoms with van der Waals surface area (Å²) in [5.41, 5.74) is -0.748. The van der Waals surface area contributed by atoms with Gasteiger partial charge in [0.25, 0.3) is 0 Å². The van der Waals surface area contributed by atoms with Crippen LogP contribution in [0, 0.1) is 12.0 Å². The fourth-order valence-electron chi connectivity index (χ4n) is 2.23. The van der Waals surface area contributed by atoms with Crippen molar-refractivity contribution in [1.29, 1.82) is 0 Å². The van der Waals surface area contributed by atoms with Crippen LogP contribution >= 0.6 is 0 Å². The van der Waals surface area contributed by atoms with Crippen LogP contribution in [0.3, 0.4) is 0 Å². The van der Waals surface area contributed by atoms with E-state index < -0.39 is 15.3 Å². The second kappa shape index (κ2) is 5.71. The third-order valence-electron chi connectivity index (χ3n) is 3.13. The second-order valence-corrected chi connectivity index (χ2v) is 6.76. The number of nitrogens with one attached hydrogen (secondary N) is 1. The summed E-state index contributed by atoms with van der Waals surface area (Å²) in [7, 11) is -3.22. The fraction of sp³-hybridized carbons (Fsp3) is 0.538. The predicted octanol–water partition coefficient (Wildman–Crippen LogP) is 1.24. The van der Waals surface area contributed by atoms with Gasteiger partial charge in [0.05, 0.1) is 0 Å². The summed E-state index contributed by atoms with van der Waals surface area (Å²) in [4.78, 5) is 0. The summed E-state index contributed by atoms with van der Waals surface area (Å²) in [5.74, 6) is 0.646. The molecule has 0 saturated carbocycles. The van der Waals surface area contributed by atoms with Crippen molar-refractivity contribution in [3.05, 3.63) is 30.3 Å². The highest BCUT2D eigenvalue weighted by molar-refractivity contribution is 7.91. The minimum Gasteiger partial charge on any atom is -0.474 e. The lowest BCUT2D eigenvalue weighted by atomic mass is 9.99. The Morgan fingerprint density at radius 1 is 1.33 bits per heavy atom. The van der Waals surface area contributed by atoms with Crippen LogP contribution in [0.2, 0.25) is 0 Å². The molecule has 1 N–H and O–H groups in total. The molecule has 1 unspecified atom stereocenters. The van der Waals surface area contributed by atoms with Crippen LogP contribution in [0.5, 0.6) is 5.75 Å². The van der Waals surface area contributed by atoms with Crippen molar-refractivity contribution in [2.24, 2.45) is 5.92 Å². The maximum absolute atomic E-state index is 11.9. The van der Waals surface area contributed by atoms with Gasteiger partial charge < -0.3 is 10.1 Å². The Kier molecular flexibility index (Phi) is 4.24. The molecule has 1 aliphatic heterocycles. The molecule has 0 amide bonds. The zero-order valence-electron chi connectivity index (χ0n) is 10.4. The highest BCUT2D eigenvalue weighted by Crippen LogP contribution is 2.25. The Labute approximate surface area is 108 Å². The van der Waals surface area contributed by atoms with E-state index in [2.05, 4.69) is 11.4 Å². The number of benzene rings is 1. The van der Waals surface area contributed by atoms with E-state index in [4.69, 9.17) is 4.74 Å². The van der Waals surface area contributed by atoms with Crippen LogP contribution in [0.15, 0.2) is 24.3 Å². The van der Waals surface area contributed by atoms with Gasteiger partial charge in [-0.1, -0.05) is 12.1 Å². The lowest BCUT2D eigenvalue weighted by molar-refractivity contribution is 0.176. The van der Waals surface area contributed by atoms with E-state index in [1.54, 1.807) is 24.3 Å². The first-order valence-electron chi connectivity index (χ1n) is 6.10. The van der Waals surface area contributed by atoms with Gasteiger partial charge in [0, 0.05) is 12.2 Å². The summed E-state index contributed by atoms with van der Waals surface area (Å²) in [6, 6.07) is 9.79. The Morgan fingerprint density at radius 3 is 2.50 bits per heavy atom. The molecule has 4 nitrogen and oxygen atoms in total. The standard InChI is InChI=1S/C13H18NO3S/c1-18(15,16)13(11-7-9-14-10-8-11)17-12-5-3-2-4-6-12/h3-6,11,13-14H,7-10H2,1H3. The SMILES string of the molecule is CS(=O)(=O)C(Oc1cc[c]cc1)C1CCNCC1. The number of rotatable bonds is 4. The predicted molar refractivity (Wildman–Crippen MR) is 70.1 cm³/mol. The third kappa shape index (κ3) is 3.46. The summed E-state index contributed by atoms with van der Waals surface area (Å²) >= 11 is 0. The second-order valence-electron chi connectivity index (χ2n) is 4.64. The summed E-state index contributed by atoms with van der Waals surface area (Å²) in [6.07, 6.45) is 2.90. The number of hydrogen-bond acceptors (Lipinski definition) is 4. The molecule has 1 atom stereocenters. The molecule has 1 fully saturated rings. The minimum atomic E-state index is -3.22. The van der Waals surface area contributed by atoms with E-state index in [-0.39, 0.29) is 5.92 Å². The Balaban J connectivity index is 2.15. The lowest BCUT2D eigenvalue weighted by Gasteiger charge is -2.29. The van der Waals surface area contributed by atoms with Gasteiger partial charge in [-0.25, -0.2) is 8.42 Å². The molecule has 1 aromatic carbocycles. The maximum atomic E-state index is 11.9. The topological polar surface area (TPSA) is 55.4 Å².